The first-order valence-corrected chi connectivity index (χ1v) is 3.79. The van der Waals surface area contributed by atoms with Crippen molar-refractivity contribution in [1.29, 1.82) is 0 Å². The highest BCUT2D eigenvalue weighted by Crippen LogP contribution is 2.23. The monoisotopic (exact) mass is 140 g/mol. The summed E-state index contributed by atoms with van der Waals surface area (Å²) in [5.41, 5.74) is 5.79. The maximum Gasteiger partial charge on any atom is 0.0663 e. The predicted octanol–water partition coefficient (Wildman–Crippen LogP) is 1.20. The molecule has 1 aliphatic rings. The Bertz CT molecular complexity index is 144. The number of hydrogen-bond acceptors (Lipinski definition) is 2. The maximum atomic E-state index is 5.58. The molecule has 2 nitrogen and oxygen atoms in total. The van der Waals surface area contributed by atoms with Crippen molar-refractivity contribution in [3.63, 3.8) is 0 Å². The third kappa shape index (κ3) is 2.48. The van der Waals surface area contributed by atoms with E-state index in [1.54, 1.807) is 0 Å². The quantitative estimate of drug-likeness (QED) is 0.546. The van der Waals surface area contributed by atoms with Crippen LogP contribution < -0.4 is 5.73 Å². The lowest BCUT2D eigenvalue weighted by molar-refractivity contribution is 0.603. The molecule has 1 rings (SSSR count). The molecule has 0 heterocycles. The van der Waals surface area contributed by atoms with E-state index in [2.05, 4.69) is 25.8 Å². The van der Waals surface area contributed by atoms with Crippen molar-refractivity contribution in [3.05, 3.63) is 0 Å². The van der Waals surface area contributed by atoms with Crippen molar-refractivity contribution in [3.8, 4) is 0 Å². The minimum atomic E-state index is 0.211. The zero-order chi connectivity index (χ0) is 7.78. The standard InChI is InChI=1S/C8H16N2/c1-8(2,3)5-10-7-4-6(7)9/h5-7H,4,9H2,1-3H3/t6-,7+/m0/s1. The largest absolute Gasteiger partial charge is 0.326 e. The van der Waals surface area contributed by atoms with Gasteiger partial charge in [0.05, 0.1) is 6.04 Å². The van der Waals surface area contributed by atoms with Crippen molar-refractivity contribution in [2.24, 2.45) is 16.1 Å². The predicted molar refractivity (Wildman–Crippen MR) is 44.3 cm³/mol. The third-order valence-electron chi connectivity index (χ3n) is 1.46. The Labute approximate surface area is 62.5 Å². The summed E-state index contributed by atoms with van der Waals surface area (Å²) in [5.74, 6) is 0. The van der Waals surface area contributed by atoms with Crippen LogP contribution in [-0.2, 0) is 0 Å². The van der Waals surface area contributed by atoms with Crippen LogP contribution in [0.3, 0.4) is 0 Å². The van der Waals surface area contributed by atoms with Crippen molar-refractivity contribution >= 4 is 6.21 Å². The van der Waals surface area contributed by atoms with E-state index in [0.29, 0.717) is 12.1 Å². The van der Waals surface area contributed by atoms with Crippen LogP contribution in [0.4, 0.5) is 0 Å². The van der Waals surface area contributed by atoms with Crippen molar-refractivity contribution < 1.29 is 0 Å². The fourth-order valence-corrected chi connectivity index (χ4v) is 0.691. The molecule has 0 aromatic heterocycles. The Balaban J connectivity index is 2.31. The van der Waals surface area contributed by atoms with Crippen LogP contribution in [0.25, 0.3) is 0 Å². The van der Waals surface area contributed by atoms with E-state index in [1.165, 1.54) is 0 Å². The van der Waals surface area contributed by atoms with Crippen molar-refractivity contribution in [2.75, 3.05) is 0 Å². The van der Waals surface area contributed by atoms with Gasteiger partial charge in [-0.2, -0.15) is 0 Å². The zero-order valence-electron chi connectivity index (χ0n) is 6.96. The molecule has 10 heavy (non-hydrogen) atoms. The first-order chi connectivity index (χ1) is 4.49. The minimum absolute atomic E-state index is 0.211. The van der Waals surface area contributed by atoms with Gasteiger partial charge in [-0.3, -0.25) is 4.99 Å². The molecule has 1 saturated carbocycles. The number of rotatable bonds is 1. The van der Waals surface area contributed by atoms with Gasteiger partial charge in [0.15, 0.2) is 0 Å². The highest BCUT2D eigenvalue weighted by Gasteiger charge is 2.32. The smallest absolute Gasteiger partial charge is 0.0663 e. The molecular formula is C8H16N2. The lowest BCUT2D eigenvalue weighted by Gasteiger charge is -2.09. The molecule has 2 heteroatoms. The van der Waals surface area contributed by atoms with Gasteiger partial charge in [-0.25, -0.2) is 0 Å². The van der Waals surface area contributed by atoms with E-state index in [4.69, 9.17) is 5.73 Å². The van der Waals surface area contributed by atoms with Gasteiger partial charge in [0.25, 0.3) is 0 Å². The Hall–Kier alpha value is -0.370. The van der Waals surface area contributed by atoms with Gasteiger partial charge < -0.3 is 5.73 Å². The molecule has 0 spiro atoms. The van der Waals surface area contributed by atoms with Crippen LogP contribution in [0.15, 0.2) is 4.99 Å². The summed E-state index contributed by atoms with van der Waals surface area (Å²) in [6, 6.07) is 0.776. The molecule has 0 radical (unpaired) electrons. The number of aliphatic imine (C=N–C) groups is 1. The second kappa shape index (κ2) is 2.35. The first kappa shape index (κ1) is 7.73. The summed E-state index contributed by atoms with van der Waals surface area (Å²) in [6.45, 7) is 6.43. The second-order valence-corrected chi connectivity index (χ2v) is 4.11. The van der Waals surface area contributed by atoms with Crippen molar-refractivity contribution in [1.82, 2.24) is 0 Å². The third-order valence-corrected chi connectivity index (χ3v) is 1.46. The second-order valence-electron chi connectivity index (χ2n) is 4.11. The topological polar surface area (TPSA) is 38.4 Å². The van der Waals surface area contributed by atoms with Gasteiger partial charge in [-0.1, -0.05) is 20.8 Å². The summed E-state index contributed by atoms with van der Waals surface area (Å²) in [4.78, 5) is 4.34. The van der Waals surface area contributed by atoms with Crippen LogP contribution in [0, 0.1) is 5.41 Å². The van der Waals surface area contributed by atoms with Crippen molar-refractivity contribution in [2.45, 2.75) is 39.3 Å². The molecule has 0 amide bonds. The van der Waals surface area contributed by atoms with E-state index < -0.39 is 0 Å². The molecule has 0 aromatic rings. The van der Waals surface area contributed by atoms with Gasteiger partial charge in [-0.15, -0.1) is 0 Å². The normalized spacial score (nSPS) is 33.2. The number of hydrogen-bond donors (Lipinski definition) is 1. The molecule has 0 saturated heterocycles. The number of nitrogens with zero attached hydrogens (tertiary/aromatic N) is 1. The maximum absolute atomic E-state index is 5.58. The Morgan fingerprint density at radius 2 is 2.00 bits per heavy atom. The molecule has 1 fully saturated rings. The molecular weight excluding hydrogens is 124 g/mol. The summed E-state index contributed by atoms with van der Waals surface area (Å²) in [7, 11) is 0. The van der Waals surface area contributed by atoms with E-state index >= 15 is 0 Å². The van der Waals surface area contributed by atoms with Gasteiger partial charge in [-0.05, 0) is 11.8 Å². The molecule has 2 N–H and O–H groups in total. The van der Waals surface area contributed by atoms with Gasteiger partial charge in [0.2, 0.25) is 0 Å². The molecule has 1 aliphatic carbocycles. The molecule has 0 bridgehead atoms. The SMILES string of the molecule is CC(C)(C)C=N[C@@H]1C[C@@H]1N. The van der Waals surface area contributed by atoms with Crippen LogP contribution in [0.2, 0.25) is 0 Å². The lowest BCUT2D eigenvalue weighted by Crippen LogP contribution is -2.09. The van der Waals surface area contributed by atoms with E-state index in [9.17, 15) is 0 Å². The van der Waals surface area contributed by atoms with Gasteiger partial charge in [0.1, 0.15) is 0 Å². The summed E-state index contributed by atoms with van der Waals surface area (Å²) in [6.07, 6.45) is 3.08. The van der Waals surface area contributed by atoms with E-state index in [0.717, 1.165) is 6.42 Å². The molecule has 0 aromatic carbocycles. The molecule has 0 unspecified atom stereocenters. The fourth-order valence-electron chi connectivity index (χ4n) is 0.691. The van der Waals surface area contributed by atoms with Crippen LogP contribution >= 0.6 is 0 Å². The highest BCUT2D eigenvalue weighted by atomic mass is 14.9. The minimum Gasteiger partial charge on any atom is -0.326 e. The average molecular weight is 140 g/mol. The zero-order valence-corrected chi connectivity index (χ0v) is 6.96. The number of nitrogens with two attached hydrogens (primary N) is 1. The first-order valence-electron chi connectivity index (χ1n) is 3.79. The fraction of sp³-hybridized carbons (Fsp3) is 0.875. The Morgan fingerprint density at radius 3 is 2.30 bits per heavy atom. The molecule has 58 valence electrons. The van der Waals surface area contributed by atoms with Gasteiger partial charge >= 0.3 is 0 Å². The Morgan fingerprint density at radius 1 is 1.50 bits per heavy atom. The van der Waals surface area contributed by atoms with E-state index in [-0.39, 0.29) is 5.41 Å². The summed E-state index contributed by atoms with van der Waals surface area (Å²) in [5, 5.41) is 0. The van der Waals surface area contributed by atoms with Crippen LogP contribution in [0.1, 0.15) is 27.2 Å². The summed E-state index contributed by atoms with van der Waals surface area (Å²) >= 11 is 0. The van der Waals surface area contributed by atoms with Crippen LogP contribution in [0.5, 0.6) is 0 Å². The molecule has 0 aliphatic heterocycles. The highest BCUT2D eigenvalue weighted by molar-refractivity contribution is 5.64. The lowest BCUT2D eigenvalue weighted by atomic mass is 9.99. The Kier molecular flexibility index (Phi) is 1.82. The average Bonchev–Trinajstić information content (AvgIpc) is 2.40. The summed E-state index contributed by atoms with van der Waals surface area (Å²) < 4.78 is 0. The molecule has 2 atom stereocenters. The van der Waals surface area contributed by atoms with Gasteiger partial charge in [0, 0.05) is 12.3 Å². The van der Waals surface area contributed by atoms with Crippen LogP contribution in [-0.4, -0.2) is 18.3 Å². The van der Waals surface area contributed by atoms with E-state index in [1.807, 2.05) is 6.21 Å².